The van der Waals surface area contributed by atoms with Crippen molar-refractivity contribution in [1.82, 2.24) is 4.90 Å². The van der Waals surface area contributed by atoms with Crippen LogP contribution in [0.25, 0.3) is 0 Å². The lowest BCUT2D eigenvalue weighted by atomic mass is 10.0. The van der Waals surface area contributed by atoms with E-state index < -0.39 is 10.0 Å². The SMILES string of the molecule is NS(=O)(=O)c1ccc(NC(=O)CN2CCCC2c2ccc(F)cc2)cc1. The second kappa shape index (κ2) is 7.53. The van der Waals surface area contributed by atoms with E-state index >= 15 is 0 Å². The predicted octanol–water partition coefficient (Wildman–Crippen LogP) is 2.25. The Bertz CT molecular complexity index is 883. The van der Waals surface area contributed by atoms with Crippen LogP contribution in [0.3, 0.4) is 0 Å². The molecule has 6 nitrogen and oxygen atoms in total. The average Bonchev–Trinajstić information content (AvgIpc) is 3.03. The quantitative estimate of drug-likeness (QED) is 0.836. The van der Waals surface area contributed by atoms with Crippen molar-refractivity contribution < 1.29 is 17.6 Å². The molecule has 0 radical (unpaired) electrons. The summed E-state index contributed by atoms with van der Waals surface area (Å²) in [4.78, 5) is 14.4. The number of halogens is 1. The van der Waals surface area contributed by atoms with Gasteiger partial charge in [0.25, 0.3) is 0 Å². The van der Waals surface area contributed by atoms with Gasteiger partial charge in [-0.05, 0) is 61.3 Å². The average molecular weight is 377 g/mol. The second-order valence-corrected chi connectivity index (χ2v) is 7.86. The molecule has 0 aliphatic carbocycles. The van der Waals surface area contributed by atoms with Crippen LogP contribution in [0.2, 0.25) is 0 Å². The molecular weight excluding hydrogens is 357 g/mol. The molecule has 1 aliphatic rings. The van der Waals surface area contributed by atoms with E-state index in [-0.39, 0.29) is 29.2 Å². The van der Waals surface area contributed by atoms with E-state index in [0.717, 1.165) is 24.9 Å². The summed E-state index contributed by atoms with van der Waals surface area (Å²) >= 11 is 0. The number of hydrogen-bond donors (Lipinski definition) is 2. The molecule has 0 spiro atoms. The summed E-state index contributed by atoms with van der Waals surface area (Å²) in [5, 5.41) is 7.80. The summed E-state index contributed by atoms with van der Waals surface area (Å²) in [5.41, 5.74) is 1.49. The highest BCUT2D eigenvalue weighted by Gasteiger charge is 2.27. The number of carbonyl (C=O) groups is 1. The molecule has 1 aliphatic heterocycles. The van der Waals surface area contributed by atoms with Gasteiger partial charge in [0.15, 0.2) is 0 Å². The molecule has 1 amide bonds. The molecule has 138 valence electrons. The Kier molecular flexibility index (Phi) is 5.36. The van der Waals surface area contributed by atoms with Crippen LogP contribution < -0.4 is 10.5 Å². The number of benzene rings is 2. The number of primary sulfonamides is 1. The zero-order valence-corrected chi connectivity index (χ0v) is 14.9. The van der Waals surface area contributed by atoms with Gasteiger partial charge in [0.1, 0.15) is 5.82 Å². The van der Waals surface area contributed by atoms with E-state index in [2.05, 4.69) is 10.2 Å². The summed E-state index contributed by atoms with van der Waals surface area (Å²) in [6.45, 7) is 0.999. The van der Waals surface area contributed by atoms with E-state index in [0.29, 0.717) is 5.69 Å². The van der Waals surface area contributed by atoms with E-state index in [1.165, 1.54) is 36.4 Å². The predicted molar refractivity (Wildman–Crippen MR) is 96.4 cm³/mol. The number of likely N-dealkylation sites (tertiary alicyclic amines) is 1. The largest absolute Gasteiger partial charge is 0.325 e. The number of nitrogens with two attached hydrogens (primary N) is 1. The normalized spacial score (nSPS) is 18.0. The monoisotopic (exact) mass is 377 g/mol. The third-order valence-corrected chi connectivity index (χ3v) is 5.36. The van der Waals surface area contributed by atoms with Crippen LogP contribution in [-0.4, -0.2) is 32.3 Å². The Morgan fingerprint density at radius 3 is 2.42 bits per heavy atom. The molecule has 1 saturated heterocycles. The van der Waals surface area contributed by atoms with E-state index in [1.54, 1.807) is 12.1 Å². The first kappa shape index (κ1) is 18.5. The zero-order valence-electron chi connectivity index (χ0n) is 14.1. The van der Waals surface area contributed by atoms with E-state index in [9.17, 15) is 17.6 Å². The fourth-order valence-electron chi connectivity index (χ4n) is 3.19. The Morgan fingerprint density at radius 2 is 1.81 bits per heavy atom. The molecule has 0 bridgehead atoms. The van der Waals surface area contributed by atoms with Gasteiger partial charge in [-0.25, -0.2) is 17.9 Å². The summed E-state index contributed by atoms with van der Waals surface area (Å²) in [5.74, 6) is -0.471. The van der Waals surface area contributed by atoms with E-state index in [4.69, 9.17) is 5.14 Å². The smallest absolute Gasteiger partial charge is 0.238 e. The summed E-state index contributed by atoms with van der Waals surface area (Å²) in [6, 6.07) is 12.1. The fourth-order valence-corrected chi connectivity index (χ4v) is 3.71. The molecule has 0 saturated carbocycles. The van der Waals surface area contributed by atoms with Crippen LogP contribution >= 0.6 is 0 Å². The molecule has 3 rings (SSSR count). The molecule has 1 atom stereocenters. The molecule has 3 N–H and O–H groups in total. The fraction of sp³-hybridized carbons (Fsp3) is 0.278. The maximum absolute atomic E-state index is 13.1. The molecule has 1 unspecified atom stereocenters. The van der Waals surface area contributed by atoms with Crippen molar-refractivity contribution in [3.63, 3.8) is 0 Å². The summed E-state index contributed by atoms with van der Waals surface area (Å²) in [6.07, 6.45) is 1.89. The molecule has 26 heavy (non-hydrogen) atoms. The maximum atomic E-state index is 13.1. The Balaban J connectivity index is 1.63. The van der Waals surface area contributed by atoms with Crippen LogP contribution in [0.15, 0.2) is 53.4 Å². The van der Waals surface area contributed by atoms with Crippen LogP contribution in [0.4, 0.5) is 10.1 Å². The van der Waals surface area contributed by atoms with Crippen molar-refractivity contribution in [2.45, 2.75) is 23.8 Å². The number of amides is 1. The van der Waals surface area contributed by atoms with Crippen molar-refractivity contribution in [3.05, 3.63) is 59.9 Å². The van der Waals surface area contributed by atoms with Crippen LogP contribution in [0.5, 0.6) is 0 Å². The van der Waals surface area contributed by atoms with Gasteiger partial charge < -0.3 is 5.32 Å². The van der Waals surface area contributed by atoms with Crippen molar-refractivity contribution in [2.24, 2.45) is 5.14 Å². The maximum Gasteiger partial charge on any atom is 0.238 e. The van der Waals surface area contributed by atoms with Gasteiger partial charge >= 0.3 is 0 Å². The van der Waals surface area contributed by atoms with Gasteiger partial charge in [0.05, 0.1) is 11.4 Å². The minimum Gasteiger partial charge on any atom is -0.325 e. The standard InChI is InChI=1S/C18H20FN3O3S/c19-14-5-3-13(4-6-14)17-2-1-11-22(17)12-18(23)21-15-7-9-16(10-8-15)26(20,24)25/h3-10,17H,1-2,11-12H2,(H,21,23)(H2,20,24,25). The molecule has 0 aromatic heterocycles. The first-order chi connectivity index (χ1) is 12.3. The third kappa shape index (κ3) is 4.46. The topological polar surface area (TPSA) is 92.5 Å². The second-order valence-electron chi connectivity index (χ2n) is 6.30. The first-order valence-electron chi connectivity index (χ1n) is 8.25. The van der Waals surface area contributed by atoms with Crippen molar-refractivity contribution in [3.8, 4) is 0 Å². The number of nitrogens with zero attached hydrogens (tertiary/aromatic N) is 1. The number of hydrogen-bond acceptors (Lipinski definition) is 4. The highest BCUT2D eigenvalue weighted by atomic mass is 32.2. The van der Waals surface area contributed by atoms with Gasteiger partial charge in [0, 0.05) is 11.7 Å². The molecule has 2 aromatic carbocycles. The van der Waals surface area contributed by atoms with Crippen molar-refractivity contribution in [1.29, 1.82) is 0 Å². The Labute approximate surface area is 151 Å². The van der Waals surface area contributed by atoms with Gasteiger partial charge in [0.2, 0.25) is 15.9 Å². The minimum atomic E-state index is -3.76. The van der Waals surface area contributed by atoms with Gasteiger partial charge in [-0.1, -0.05) is 12.1 Å². The van der Waals surface area contributed by atoms with Crippen LogP contribution in [0.1, 0.15) is 24.4 Å². The molecule has 8 heteroatoms. The number of sulfonamides is 1. The Morgan fingerprint density at radius 1 is 1.15 bits per heavy atom. The Hall–Kier alpha value is -2.29. The van der Waals surface area contributed by atoms with Gasteiger partial charge in [-0.15, -0.1) is 0 Å². The number of nitrogens with one attached hydrogen (secondary N) is 1. The van der Waals surface area contributed by atoms with Crippen LogP contribution in [0, 0.1) is 5.82 Å². The highest BCUT2D eigenvalue weighted by Crippen LogP contribution is 2.31. The van der Waals surface area contributed by atoms with Crippen molar-refractivity contribution >= 4 is 21.6 Å². The van der Waals surface area contributed by atoms with Gasteiger partial charge in [-0.3, -0.25) is 9.69 Å². The van der Waals surface area contributed by atoms with E-state index in [1.807, 2.05) is 0 Å². The minimum absolute atomic E-state index is 0.00795. The van der Waals surface area contributed by atoms with Crippen molar-refractivity contribution in [2.75, 3.05) is 18.4 Å². The van der Waals surface area contributed by atoms with Gasteiger partial charge in [-0.2, -0.15) is 0 Å². The number of anilines is 1. The lowest BCUT2D eigenvalue weighted by Crippen LogP contribution is -2.32. The lowest BCUT2D eigenvalue weighted by Gasteiger charge is -2.24. The molecular formula is C18H20FN3O3S. The summed E-state index contributed by atoms with van der Waals surface area (Å²) < 4.78 is 35.6. The van der Waals surface area contributed by atoms with Crippen LogP contribution in [-0.2, 0) is 14.8 Å². The molecule has 1 heterocycles. The first-order valence-corrected chi connectivity index (χ1v) is 9.80. The zero-order chi connectivity index (χ0) is 18.7. The molecule has 1 fully saturated rings. The highest BCUT2D eigenvalue weighted by molar-refractivity contribution is 7.89. The summed E-state index contributed by atoms with van der Waals surface area (Å²) in [7, 11) is -3.76. The molecule has 2 aromatic rings. The third-order valence-electron chi connectivity index (χ3n) is 4.43. The number of carbonyl (C=O) groups excluding carboxylic acids is 1. The number of rotatable bonds is 5. The lowest BCUT2D eigenvalue weighted by molar-refractivity contribution is -0.117.